The number of benzene rings is 2. The number of β-amino-alcohol motifs (C(OH)–C–C–N with tert-alkyl or cyclic N) is 1. The molecule has 0 spiro atoms. The van der Waals surface area contributed by atoms with Gasteiger partial charge in [0.25, 0.3) is 0 Å². The minimum atomic E-state index is -1.26. The van der Waals surface area contributed by atoms with Crippen LogP contribution in [-0.2, 0) is 4.74 Å². The number of piperidine rings is 2. The lowest BCUT2D eigenvalue weighted by Gasteiger charge is -2.47. The van der Waals surface area contributed by atoms with Gasteiger partial charge in [-0.2, -0.15) is 9.97 Å². The summed E-state index contributed by atoms with van der Waals surface area (Å²) in [6.07, 6.45) is 12.8. The average Bonchev–Trinajstić information content (AvgIpc) is 3.58. The van der Waals surface area contributed by atoms with Crippen molar-refractivity contribution >= 4 is 33.5 Å². The summed E-state index contributed by atoms with van der Waals surface area (Å²) in [4.78, 5) is 33.0. The highest BCUT2D eigenvalue weighted by Crippen LogP contribution is 2.49. The van der Waals surface area contributed by atoms with E-state index in [0.29, 0.717) is 37.0 Å². The maximum atomic E-state index is 17.4. The van der Waals surface area contributed by atoms with E-state index in [9.17, 15) is 15.0 Å². The fourth-order valence-corrected chi connectivity index (χ4v) is 10.0. The number of hydrogen-bond acceptors (Lipinski definition) is 11. The van der Waals surface area contributed by atoms with E-state index in [1.807, 2.05) is 11.8 Å². The Morgan fingerprint density at radius 2 is 1.88 bits per heavy atom. The maximum absolute atomic E-state index is 17.4. The molecule has 2 aromatic heterocycles. The van der Waals surface area contributed by atoms with Crippen LogP contribution < -0.4 is 19.7 Å². The second-order valence-electron chi connectivity index (χ2n) is 16.9. The number of carbonyl (C=O) groups excluding carboxylic acids is 1. The average molecular weight is 814 g/mol. The molecule has 15 heteroatoms. The molecule has 13 nitrogen and oxygen atoms in total. The van der Waals surface area contributed by atoms with Crippen LogP contribution in [-0.4, -0.2) is 125 Å². The summed E-state index contributed by atoms with van der Waals surface area (Å²) < 4.78 is 50.7. The quantitative estimate of drug-likeness (QED) is 0.175. The molecule has 2 amide bonds. The molecule has 4 fully saturated rings. The summed E-state index contributed by atoms with van der Waals surface area (Å²) in [7, 11) is 1.40. The van der Waals surface area contributed by atoms with Gasteiger partial charge < -0.3 is 39.5 Å². The van der Waals surface area contributed by atoms with Crippen LogP contribution in [0.1, 0.15) is 64.4 Å². The third-order valence-electron chi connectivity index (χ3n) is 12.7. The number of phenolic OH excluding ortho intramolecular Hbond substituents is 1. The lowest BCUT2D eigenvalue weighted by molar-refractivity contribution is -0.0124. The van der Waals surface area contributed by atoms with Crippen molar-refractivity contribution in [2.45, 2.75) is 70.4 Å². The third-order valence-corrected chi connectivity index (χ3v) is 12.7. The molecule has 314 valence electrons. The summed E-state index contributed by atoms with van der Waals surface area (Å²) in [5.41, 5.74) is -1.87. The predicted octanol–water partition coefficient (Wildman–Crippen LogP) is 5.86. The number of halogens is 2. The molecule has 3 N–H and O–H groups in total. The Bertz CT molecular complexity index is 2280. The molecule has 4 aromatic rings. The summed E-state index contributed by atoms with van der Waals surface area (Å²) >= 11 is 0. The predicted molar refractivity (Wildman–Crippen MR) is 220 cm³/mol. The van der Waals surface area contributed by atoms with Gasteiger partial charge in [-0.15, -0.1) is 6.42 Å². The number of aromatic nitrogens is 3. The van der Waals surface area contributed by atoms with E-state index < -0.39 is 17.2 Å². The largest absolute Gasteiger partial charge is 0.508 e. The molecule has 2 aromatic carbocycles. The molecule has 3 saturated heterocycles. The van der Waals surface area contributed by atoms with E-state index in [2.05, 4.69) is 21.1 Å². The van der Waals surface area contributed by atoms with Crippen molar-refractivity contribution in [3.8, 4) is 41.2 Å². The Morgan fingerprint density at radius 3 is 2.64 bits per heavy atom. The molecule has 3 atom stereocenters. The number of nitrogens with one attached hydrogen (secondary N) is 1. The van der Waals surface area contributed by atoms with Gasteiger partial charge in [0.15, 0.2) is 5.82 Å². The first kappa shape index (κ1) is 40.7. The monoisotopic (exact) mass is 813 g/mol. The number of nitrogens with zero attached hydrogens (tertiary/aromatic N) is 6. The van der Waals surface area contributed by atoms with E-state index >= 15 is 8.78 Å². The van der Waals surface area contributed by atoms with Gasteiger partial charge in [0.1, 0.15) is 39.6 Å². The number of fused-ring (bicyclic) bond motifs is 3. The number of likely N-dealkylation sites (tertiary alicyclic amines) is 2. The second kappa shape index (κ2) is 16.5. The van der Waals surface area contributed by atoms with Crippen LogP contribution in [0.3, 0.4) is 0 Å². The maximum Gasteiger partial charge on any atom is 0.319 e. The van der Waals surface area contributed by atoms with Crippen LogP contribution in [0.25, 0.3) is 32.9 Å². The number of carbonyl (C=O) groups is 1. The zero-order valence-corrected chi connectivity index (χ0v) is 34.0. The number of aliphatic hydroxyl groups is 1. The van der Waals surface area contributed by atoms with E-state index in [-0.39, 0.29) is 87.8 Å². The Kier molecular flexibility index (Phi) is 11.4. The van der Waals surface area contributed by atoms with Crippen LogP contribution in [0.4, 0.5) is 19.4 Å². The number of ether oxygens (including phenoxy) is 3. The van der Waals surface area contributed by atoms with Crippen LogP contribution in [0, 0.1) is 35.3 Å². The summed E-state index contributed by atoms with van der Waals surface area (Å²) in [5, 5.41) is 25.7. The minimum Gasteiger partial charge on any atom is -0.508 e. The number of hydrogen-bond donors (Lipinski definition) is 3. The van der Waals surface area contributed by atoms with Gasteiger partial charge in [0.05, 0.1) is 39.0 Å². The van der Waals surface area contributed by atoms with E-state index in [0.717, 1.165) is 71.1 Å². The molecule has 1 saturated carbocycles. The Labute approximate surface area is 343 Å². The molecule has 59 heavy (non-hydrogen) atoms. The molecule has 0 radical (unpaired) electrons. The zero-order chi connectivity index (χ0) is 41.5. The Morgan fingerprint density at radius 1 is 1.08 bits per heavy atom. The molecular weight excluding hydrogens is 761 g/mol. The van der Waals surface area contributed by atoms with Gasteiger partial charge in [-0.05, 0) is 88.4 Å². The number of urea groups is 1. The van der Waals surface area contributed by atoms with Gasteiger partial charge >= 0.3 is 12.0 Å². The van der Waals surface area contributed by atoms with E-state index in [1.54, 1.807) is 11.8 Å². The molecule has 4 aliphatic rings. The molecule has 0 unspecified atom stereocenters. The van der Waals surface area contributed by atoms with Crippen molar-refractivity contribution in [2.75, 3.05) is 77.6 Å². The molecule has 1 aliphatic carbocycles. The molecular formula is C44H53F2N7O6. The van der Waals surface area contributed by atoms with Crippen molar-refractivity contribution in [3.63, 3.8) is 0 Å². The summed E-state index contributed by atoms with van der Waals surface area (Å²) in [6.45, 7) is 8.83. The topological polar surface area (TPSA) is 146 Å². The van der Waals surface area contributed by atoms with Crippen molar-refractivity contribution in [1.82, 2.24) is 30.1 Å². The van der Waals surface area contributed by atoms with Crippen LogP contribution >= 0.6 is 0 Å². The first-order valence-corrected chi connectivity index (χ1v) is 20.8. The highest BCUT2D eigenvalue weighted by Gasteiger charge is 2.49. The van der Waals surface area contributed by atoms with E-state index in [4.69, 9.17) is 30.6 Å². The highest BCUT2D eigenvalue weighted by molar-refractivity contribution is 6.04. The number of rotatable bonds is 9. The van der Waals surface area contributed by atoms with Crippen molar-refractivity contribution in [3.05, 3.63) is 41.5 Å². The molecule has 3 aliphatic heterocycles. The second-order valence-corrected chi connectivity index (χ2v) is 16.9. The smallest absolute Gasteiger partial charge is 0.319 e. The van der Waals surface area contributed by atoms with Gasteiger partial charge in [0, 0.05) is 55.1 Å². The van der Waals surface area contributed by atoms with E-state index in [1.165, 1.54) is 31.4 Å². The number of anilines is 1. The Balaban J connectivity index is 1.16. The first-order valence-electron chi connectivity index (χ1n) is 20.8. The Hall–Kier alpha value is -5.04. The number of phenols is 1. The fourth-order valence-electron chi connectivity index (χ4n) is 10.0. The lowest BCUT2D eigenvalue weighted by atomic mass is 9.75. The number of terminal acetylenes is 1. The molecule has 0 bridgehead atoms. The molecule has 8 rings (SSSR count). The summed E-state index contributed by atoms with van der Waals surface area (Å²) in [5.74, 6) is 1.37. The lowest BCUT2D eigenvalue weighted by Crippen LogP contribution is -2.54. The SMILES string of the molecule is C#Cc1c(F)ccc2cc(O)cc(-c3nc(OC)c4c(N5CCOC[C@@](C)(O)C5)nc(OC[C@]56CCC[C@H]5N(CC5CCN(C(=O)NCC)CC5)CCC6)nc4c3F)c12. The minimum absolute atomic E-state index is 0.0107. The van der Waals surface area contributed by atoms with Gasteiger partial charge in [-0.1, -0.05) is 18.4 Å². The van der Waals surface area contributed by atoms with Crippen LogP contribution in [0.15, 0.2) is 24.3 Å². The molecule has 5 heterocycles. The summed E-state index contributed by atoms with van der Waals surface area (Å²) in [6, 6.07) is 5.65. The number of amides is 2. The van der Waals surface area contributed by atoms with Crippen LogP contribution in [0.5, 0.6) is 17.6 Å². The van der Waals surface area contributed by atoms with Crippen molar-refractivity contribution < 1.29 is 38.0 Å². The first-order chi connectivity index (χ1) is 28.4. The standard InChI is InChI=1S/C44H53F2N7O6/c1-5-30-32(45)11-10-28-21-29(54)22-31(34(28)30)37-36(46)38-35(40(48-37)57-4)39(53-19-20-58-25-43(3,56)24-53)50-41(49-38)59-26-44-14-7-9-33(44)52(16-8-15-44)23-27-12-17-51(18-13-27)42(55)47-6-2/h1,10-11,21-22,27,33,54,56H,6-9,12-20,23-26H2,2-4H3,(H,47,55)/t33-,43+,44-/m1/s1. The number of pyridine rings is 1. The van der Waals surface area contributed by atoms with Crippen LogP contribution in [0.2, 0.25) is 0 Å². The highest BCUT2D eigenvalue weighted by atomic mass is 19.1. The normalized spacial score (nSPS) is 24.2. The zero-order valence-electron chi connectivity index (χ0n) is 34.0. The van der Waals surface area contributed by atoms with Gasteiger partial charge in [0.2, 0.25) is 5.88 Å². The van der Waals surface area contributed by atoms with Gasteiger partial charge in [-0.25, -0.2) is 18.6 Å². The third kappa shape index (κ3) is 7.90. The van der Waals surface area contributed by atoms with Crippen molar-refractivity contribution in [1.29, 1.82) is 0 Å². The fraction of sp³-hybridized carbons (Fsp3) is 0.545. The van der Waals surface area contributed by atoms with Crippen molar-refractivity contribution in [2.24, 2.45) is 11.3 Å². The number of aromatic hydroxyl groups is 1. The van der Waals surface area contributed by atoms with Gasteiger partial charge in [-0.3, -0.25) is 4.90 Å². The number of methoxy groups -OCH3 is 1.